The van der Waals surface area contributed by atoms with E-state index in [1.54, 1.807) is 6.92 Å². The molecular formula is C22H30N4O. The van der Waals surface area contributed by atoms with E-state index in [1.807, 2.05) is 19.1 Å². The Morgan fingerprint density at radius 3 is 2.30 bits per heavy atom. The van der Waals surface area contributed by atoms with E-state index in [2.05, 4.69) is 57.8 Å². The quantitative estimate of drug-likeness (QED) is 0.725. The van der Waals surface area contributed by atoms with Gasteiger partial charge in [0.1, 0.15) is 11.5 Å². The van der Waals surface area contributed by atoms with Crippen LogP contribution in [0.15, 0.2) is 36.4 Å². The number of Topliss-reactive ketones (excluding diaryl/α,β-unsaturated/α-hetero) is 1. The van der Waals surface area contributed by atoms with Gasteiger partial charge in [-0.2, -0.15) is 0 Å². The lowest BCUT2D eigenvalue weighted by atomic mass is 10.2. The molecular weight excluding hydrogens is 336 g/mol. The van der Waals surface area contributed by atoms with Crippen molar-refractivity contribution in [2.75, 3.05) is 49.1 Å². The van der Waals surface area contributed by atoms with Crippen LogP contribution in [0.25, 0.3) is 0 Å². The van der Waals surface area contributed by atoms with Crippen molar-refractivity contribution in [2.45, 2.75) is 27.7 Å². The average molecular weight is 367 g/mol. The number of piperazine rings is 1. The largest absolute Gasteiger partial charge is 0.369 e. The lowest BCUT2D eigenvalue weighted by Crippen LogP contribution is -2.46. The molecule has 0 unspecified atom stereocenters. The van der Waals surface area contributed by atoms with E-state index in [0.29, 0.717) is 5.69 Å². The molecule has 0 aliphatic carbocycles. The molecule has 0 saturated carbocycles. The second-order valence-electron chi connectivity index (χ2n) is 7.13. The van der Waals surface area contributed by atoms with E-state index in [0.717, 1.165) is 56.3 Å². The highest BCUT2D eigenvalue weighted by Crippen LogP contribution is 2.27. The summed E-state index contributed by atoms with van der Waals surface area (Å²) in [5, 5.41) is 0. The predicted molar refractivity (Wildman–Crippen MR) is 112 cm³/mol. The van der Waals surface area contributed by atoms with E-state index < -0.39 is 0 Å². The third-order valence-electron chi connectivity index (χ3n) is 5.26. The van der Waals surface area contributed by atoms with Crippen LogP contribution >= 0.6 is 0 Å². The summed E-state index contributed by atoms with van der Waals surface area (Å²) in [4.78, 5) is 23.4. The zero-order valence-electron chi connectivity index (χ0n) is 16.9. The van der Waals surface area contributed by atoms with Gasteiger partial charge in [-0.05, 0) is 62.4 Å². The molecule has 1 aliphatic heterocycles. The van der Waals surface area contributed by atoms with Crippen LogP contribution in [0.3, 0.4) is 0 Å². The molecule has 5 nitrogen and oxygen atoms in total. The van der Waals surface area contributed by atoms with Gasteiger partial charge in [-0.3, -0.25) is 4.79 Å². The molecule has 1 aromatic heterocycles. The minimum absolute atomic E-state index is 0.00225. The minimum atomic E-state index is -0.00225. The van der Waals surface area contributed by atoms with Gasteiger partial charge in [0, 0.05) is 51.0 Å². The first-order valence-electron chi connectivity index (χ1n) is 9.86. The van der Waals surface area contributed by atoms with Gasteiger partial charge in [-0.1, -0.05) is 6.92 Å². The Hall–Kier alpha value is -2.40. The summed E-state index contributed by atoms with van der Waals surface area (Å²) < 4.78 is 0. The van der Waals surface area contributed by atoms with Gasteiger partial charge in [-0.15, -0.1) is 0 Å². The molecule has 2 aromatic rings. The maximum Gasteiger partial charge on any atom is 0.178 e. The molecule has 5 heteroatoms. The number of hydrogen-bond acceptors (Lipinski definition) is 5. The highest BCUT2D eigenvalue weighted by molar-refractivity contribution is 5.92. The van der Waals surface area contributed by atoms with Gasteiger partial charge in [-0.25, -0.2) is 4.98 Å². The van der Waals surface area contributed by atoms with Gasteiger partial charge in [0.2, 0.25) is 0 Å². The normalized spacial score (nSPS) is 15.0. The van der Waals surface area contributed by atoms with Crippen molar-refractivity contribution in [3.8, 4) is 0 Å². The first-order chi connectivity index (χ1) is 13.0. The standard InChI is InChI=1S/C22H30N4O/c1-5-24-11-13-25(14-12-24)19-7-9-20(10-8-19)26(6-2)22-16-17(3)15-21(23-22)18(4)27/h7-10,15-16H,5-6,11-14H2,1-4H3. The number of carbonyl (C=O) groups excluding carboxylic acids is 1. The van der Waals surface area contributed by atoms with Crippen LogP contribution in [0.1, 0.15) is 36.8 Å². The highest BCUT2D eigenvalue weighted by Gasteiger charge is 2.17. The smallest absolute Gasteiger partial charge is 0.178 e. The summed E-state index contributed by atoms with van der Waals surface area (Å²) in [5.41, 5.74) is 3.94. The number of ketones is 1. The van der Waals surface area contributed by atoms with Crippen molar-refractivity contribution in [2.24, 2.45) is 0 Å². The molecule has 3 rings (SSSR count). The number of carbonyl (C=O) groups is 1. The minimum Gasteiger partial charge on any atom is -0.369 e. The third kappa shape index (κ3) is 4.48. The van der Waals surface area contributed by atoms with Crippen molar-refractivity contribution in [1.29, 1.82) is 0 Å². The fourth-order valence-corrected chi connectivity index (χ4v) is 3.61. The Morgan fingerprint density at radius 2 is 1.74 bits per heavy atom. The molecule has 1 aromatic carbocycles. The number of likely N-dealkylation sites (N-methyl/N-ethyl adjacent to an activating group) is 1. The van der Waals surface area contributed by atoms with Gasteiger partial charge >= 0.3 is 0 Å². The van der Waals surface area contributed by atoms with Crippen molar-refractivity contribution >= 4 is 23.0 Å². The van der Waals surface area contributed by atoms with Gasteiger partial charge in [0.15, 0.2) is 5.78 Å². The summed E-state index contributed by atoms with van der Waals surface area (Å²) in [6.45, 7) is 14.2. The van der Waals surface area contributed by atoms with Crippen LogP contribution in [-0.4, -0.2) is 54.9 Å². The zero-order chi connectivity index (χ0) is 19.4. The van der Waals surface area contributed by atoms with E-state index in [9.17, 15) is 4.79 Å². The number of aromatic nitrogens is 1. The Kier molecular flexibility index (Phi) is 6.11. The maximum absolute atomic E-state index is 11.8. The topological polar surface area (TPSA) is 39.7 Å². The number of nitrogens with zero attached hydrogens (tertiary/aromatic N) is 4. The van der Waals surface area contributed by atoms with E-state index in [1.165, 1.54) is 5.69 Å². The molecule has 1 saturated heterocycles. The number of hydrogen-bond donors (Lipinski definition) is 0. The van der Waals surface area contributed by atoms with Crippen LogP contribution in [0, 0.1) is 6.92 Å². The molecule has 0 spiro atoms. The Labute approximate surface area is 162 Å². The van der Waals surface area contributed by atoms with E-state index in [-0.39, 0.29) is 5.78 Å². The number of aryl methyl sites for hydroxylation is 1. The van der Waals surface area contributed by atoms with Crippen molar-refractivity contribution in [3.63, 3.8) is 0 Å². The molecule has 0 amide bonds. The molecule has 0 atom stereocenters. The first kappa shape index (κ1) is 19.4. The second kappa shape index (κ2) is 8.53. The molecule has 27 heavy (non-hydrogen) atoms. The second-order valence-corrected chi connectivity index (χ2v) is 7.13. The number of anilines is 3. The van der Waals surface area contributed by atoms with Crippen LogP contribution in [0.2, 0.25) is 0 Å². The lowest BCUT2D eigenvalue weighted by Gasteiger charge is -2.35. The molecule has 1 fully saturated rings. The molecule has 0 radical (unpaired) electrons. The number of benzene rings is 1. The number of rotatable bonds is 6. The summed E-state index contributed by atoms with van der Waals surface area (Å²) in [7, 11) is 0. The van der Waals surface area contributed by atoms with Crippen LogP contribution in [-0.2, 0) is 0 Å². The van der Waals surface area contributed by atoms with Gasteiger partial charge < -0.3 is 14.7 Å². The molecule has 0 bridgehead atoms. The molecule has 144 valence electrons. The summed E-state index contributed by atoms with van der Waals surface area (Å²) in [6, 6.07) is 12.6. The summed E-state index contributed by atoms with van der Waals surface area (Å²) in [5.74, 6) is 0.824. The monoisotopic (exact) mass is 366 g/mol. The van der Waals surface area contributed by atoms with Crippen molar-refractivity contribution < 1.29 is 4.79 Å². The van der Waals surface area contributed by atoms with E-state index >= 15 is 0 Å². The molecule has 2 heterocycles. The average Bonchev–Trinajstić information content (AvgIpc) is 2.69. The number of pyridine rings is 1. The molecule has 1 aliphatic rings. The molecule has 0 N–H and O–H groups in total. The van der Waals surface area contributed by atoms with Crippen LogP contribution < -0.4 is 9.80 Å². The van der Waals surface area contributed by atoms with Crippen molar-refractivity contribution in [3.05, 3.63) is 47.7 Å². The van der Waals surface area contributed by atoms with Crippen LogP contribution in [0.5, 0.6) is 0 Å². The van der Waals surface area contributed by atoms with Gasteiger partial charge in [0.25, 0.3) is 0 Å². The predicted octanol–water partition coefficient (Wildman–Crippen LogP) is 3.89. The maximum atomic E-state index is 11.8. The Balaban J connectivity index is 1.80. The fraction of sp³-hybridized carbons (Fsp3) is 0.455. The highest BCUT2D eigenvalue weighted by atomic mass is 16.1. The first-order valence-corrected chi connectivity index (χ1v) is 9.86. The SMILES string of the molecule is CCN1CCN(c2ccc(N(CC)c3cc(C)cc(C(C)=O)n3)cc2)CC1. The van der Waals surface area contributed by atoms with Crippen molar-refractivity contribution in [1.82, 2.24) is 9.88 Å². The van der Waals surface area contributed by atoms with Crippen LogP contribution in [0.4, 0.5) is 17.2 Å². The summed E-state index contributed by atoms with van der Waals surface area (Å²) in [6.07, 6.45) is 0. The van der Waals surface area contributed by atoms with E-state index in [4.69, 9.17) is 0 Å². The zero-order valence-corrected chi connectivity index (χ0v) is 16.9. The Bertz CT molecular complexity index is 779. The summed E-state index contributed by atoms with van der Waals surface area (Å²) >= 11 is 0. The fourth-order valence-electron chi connectivity index (χ4n) is 3.61. The van der Waals surface area contributed by atoms with Gasteiger partial charge in [0.05, 0.1) is 0 Å². The Morgan fingerprint density at radius 1 is 1.07 bits per heavy atom. The lowest BCUT2D eigenvalue weighted by molar-refractivity contribution is 0.101. The third-order valence-corrected chi connectivity index (χ3v) is 5.26.